The first kappa shape index (κ1) is 13.7. The molecule has 4 heteroatoms. The van der Waals surface area contributed by atoms with Crippen molar-refractivity contribution in [1.82, 2.24) is 5.32 Å². The lowest BCUT2D eigenvalue weighted by Crippen LogP contribution is -2.60. The van der Waals surface area contributed by atoms with E-state index in [4.69, 9.17) is 11.5 Å². The molecule has 0 saturated carbocycles. The van der Waals surface area contributed by atoms with Crippen molar-refractivity contribution in [3.8, 4) is 0 Å². The van der Waals surface area contributed by atoms with E-state index in [-0.39, 0.29) is 5.91 Å². The Morgan fingerprint density at radius 3 is 2.53 bits per heavy atom. The second-order valence-electron chi connectivity index (χ2n) is 4.24. The molecule has 4 nitrogen and oxygen atoms in total. The van der Waals surface area contributed by atoms with Crippen LogP contribution in [-0.2, 0) is 11.2 Å². The number of benzene rings is 1. The van der Waals surface area contributed by atoms with Crippen LogP contribution in [0, 0.1) is 0 Å². The van der Waals surface area contributed by atoms with Gasteiger partial charge in [-0.2, -0.15) is 0 Å². The van der Waals surface area contributed by atoms with E-state index in [1.165, 1.54) is 5.56 Å². The zero-order valence-electron chi connectivity index (χ0n) is 10.3. The normalized spacial score (nSPS) is 11.2. The standard InChI is InChI=1S/C13H21N3O/c1-2-13(14,15)12(17)16-10-6-9-11-7-4-3-5-8-11/h3-5,7-8H,2,6,9-10,14-15H2,1H3,(H,16,17). The van der Waals surface area contributed by atoms with E-state index in [1.807, 2.05) is 18.2 Å². The van der Waals surface area contributed by atoms with Crippen LogP contribution in [0.5, 0.6) is 0 Å². The number of carbonyl (C=O) groups excluding carboxylic acids is 1. The topological polar surface area (TPSA) is 81.1 Å². The predicted octanol–water partition coefficient (Wildman–Crippen LogP) is 0.759. The monoisotopic (exact) mass is 235 g/mol. The van der Waals surface area contributed by atoms with Gasteiger partial charge in [0.2, 0.25) is 0 Å². The fraction of sp³-hybridized carbons (Fsp3) is 0.462. The van der Waals surface area contributed by atoms with Gasteiger partial charge in [-0.15, -0.1) is 0 Å². The molecule has 0 aromatic heterocycles. The minimum atomic E-state index is -1.24. The summed E-state index contributed by atoms with van der Waals surface area (Å²) in [6, 6.07) is 10.2. The number of nitrogens with two attached hydrogens (primary N) is 2. The van der Waals surface area contributed by atoms with E-state index < -0.39 is 5.66 Å². The zero-order chi connectivity index (χ0) is 12.7. The summed E-state index contributed by atoms with van der Waals surface area (Å²) in [5, 5.41) is 2.76. The summed E-state index contributed by atoms with van der Waals surface area (Å²) in [6.45, 7) is 2.40. The highest BCUT2D eigenvalue weighted by Crippen LogP contribution is 2.02. The Bertz CT molecular complexity index is 349. The summed E-state index contributed by atoms with van der Waals surface area (Å²) in [7, 11) is 0. The van der Waals surface area contributed by atoms with Gasteiger partial charge >= 0.3 is 0 Å². The molecule has 0 unspecified atom stereocenters. The van der Waals surface area contributed by atoms with Crippen molar-refractivity contribution in [1.29, 1.82) is 0 Å². The first-order chi connectivity index (χ1) is 8.06. The lowest BCUT2D eigenvalue weighted by molar-refractivity contribution is -0.126. The van der Waals surface area contributed by atoms with Crippen molar-refractivity contribution in [2.24, 2.45) is 11.5 Å². The molecule has 1 rings (SSSR count). The van der Waals surface area contributed by atoms with Gasteiger partial charge in [-0.1, -0.05) is 37.3 Å². The molecule has 0 bridgehead atoms. The molecule has 5 N–H and O–H groups in total. The van der Waals surface area contributed by atoms with Gasteiger partial charge in [0.15, 0.2) is 0 Å². The molecule has 0 radical (unpaired) electrons. The molecule has 0 saturated heterocycles. The molecule has 0 heterocycles. The van der Waals surface area contributed by atoms with Crippen LogP contribution in [0.3, 0.4) is 0 Å². The van der Waals surface area contributed by atoms with Crippen molar-refractivity contribution in [2.45, 2.75) is 31.8 Å². The van der Waals surface area contributed by atoms with Crippen molar-refractivity contribution < 1.29 is 4.79 Å². The molecule has 0 atom stereocenters. The Morgan fingerprint density at radius 1 is 1.29 bits per heavy atom. The highest BCUT2D eigenvalue weighted by Gasteiger charge is 2.25. The van der Waals surface area contributed by atoms with Gasteiger partial charge in [0, 0.05) is 6.54 Å². The molecule has 0 spiro atoms. The molecule has 1 aromatic carbocycles. The van der Waals surface area contributed by atoms with Gasteiger partial charge in [0.25, 0.3) is 5.91 Å². The predicted molar refractivity (Wildman–Crippen MR) is 69.2 cm³/mol. The Hall–Kier alpha value is -1.39. The van der Waals surface area contributed by atoms with E-state index >= 15 is 0 Å². The average Bonchev–Trinajstić information content (AvgIpc) is 2.35. The Labute approximate surface area is 102 Å². The fourth-order valence-electron chi connectivity index (χ4n) is 1.46. The molecule has 1 amide bonds. The highest BCUT2D eigenvalue weighted by molar-refractivity contribution is 5.85. The van der Waals surface area contributed by atoms with Crippen molar-refractivity contribution >= 4 is 5.91 Å². The average molecular weight is 235 g/mol. The number of rotatable bonds is 6. The van der Waals surface area contributed by atoms with Crippen LogP contribution in [-0.4, -0.2) is 18.1 Å². The molecule has 1 aromatic rings. The molecule has 0 aliphatic heterocycles. The highest BCUT2D eigenvalue weighted by atomic mass is 16.2. The summed E-state index contributed by atoms with van der Waals surface area (Å²) in [4.78, 5) is 11.5. The summed E-state index contributed by atoms with van der Waals surface area (Å²) in [5.74, 6) is -0.284. The first-order valence-corrected chi connectivity index (χ1v) is 5.96. The SMILES string of the molecule is CCC(N)(N)C(=O)NCCCc1ccccc1. The zero-order valence-corrected chi connectivity index (χ0v) is 10.3. The van der Waals surface area contributed by atoms with Crippen molar-refractivity contribution in [2.75, 3.05) is 6.54 Å². The van der Waals surface area contributed by atoms with E-state index in [9.17, 15) is 4.79 Å². The Kier molecular flexibility index (Phi) is 5.12. The smallest absolute Gasteiger partial charge is 0.254 e. The van der Waals surface area contributed by atoms with E-state index in [0.29, 0.717) is 13.0 Å². The van der Waals surface area contributed by atoms with Gasteiger partial charge in [0.1, 0.15) is 5.66 Å². The van der Waals surface area contributed by atoms with Crippen LogP contribution < -0.4 is 16.8 Å². The van der Waals surface area contributed by atoms with Crippen LogP contribution in [0.4, 0.5) is 0 Å². The second kappa shape index (κ2) is 6.37. The van der Waals surface area contributed by atoms with Crippen molar-refractivity contribution in [3.05, 3.63) is 35.9 Å². The third kappa shape index (κ3) is 4.54. The number of nitrogens with one attached hydrogen (secondary N) is 1. The maximum atomic E-state index is 11.5. The van der Waals surface area contributed by atoms with Crippen LogP contribution >= 0.6 is 0 Å². The van der Waals surface area contributed by atoms with Crippen molar-refractivity contribution in [3.63, 3.8) is 0 Å². The summed E-state index contributed by atoms with van der Waals surface area (Å²) < 4.78 is 0. The molecule has 0 aliphatic carbocycles. The maximum absolute atomic E-state index is 11.5. The van der Waals surface area contributed by atoms with Gasteiger partial charge in [-0.25, -0.2) is 0 Å². The number of amides is 1. The summed E-state index contributed by atoms with van der Waals surface area (Å²) in [5.41, 5.74) is 11.3. The third-order valence-corrected chi connectivity index (χ3v) is 2.78. The largest absolute Gasteiger partial charge is 0.353 e. The van der Waals surface area contributed by atoms with E-state index in [0.717, 1.165) is 12.8 Å². The molecular weight excluding hydrogens is 214 g/mol. The minimum absolute atomic E-state index is 0.284. The van der Waals surface area contributed by atoms with Crippen LogP contribution in [0.2, 0.25) is 0 Å². The lowest BCUT2D eigenvalue weighted by Gasteiger charge is -2.21. The molecular formula is C13H21N3O. The van der Waals surface area contributed by atoms with Gasteiger partial charge in [0.05, 0.1) is 0 Å². The van der Waals surface area contributed by atoms with E-state index in [2.05, 4.69) is 17.4 Å². The van der Waals surface area contributed by atoms with E-state index in [1.54, 1.807) is 6.92 Å². The first-order valence-electron chi connectivity index (χ1n) is 5.96. The molecule has 17 heavy (non-hydrogen) atoms. The number of aryl methyl sites for hydroxylation is 1. The Balaban J connectivity index is 2.23. The third-order valence-electron chi connectivity index (χ3n) is 2.78. The quantitative estimate of drug-likeness (QED) is 0.503. The van der Waals surface area contributed by atoms with Gasteiger partial charge < -0.3 is 16.8 Å². The van der Waals surface area contributed by atoms with Gasteiger partial charge in [-0.05, 0) is 24.8 Å². The number of hydrogen-bond donors (Lipinski definition) is 3. The summed E-state index contributed by atoms with van der Waals surface area (Å²) >= 11 is 0. The lowest BCUT2D eigenvalue weighted by atomic mass is 10.1. The van der Waals surface area contributed by atoms with Crippen LogP contribution in [0.1, 0.15) is 25.3 Å². The molecule has 0 aliphatic rings. The number of hydrogen-bond acceptors (Lipinski definition) is 3. The maximum Gasteiger partial charge on any atom is 0.254 e. The van der Waals surface area contributed by atoms with Crippen LogP contribution in [0.15, 0.2) is 30.3 Å². The fourth-order valence-corrected chi connectivity index (χ4v) is 1.46. The molecule has 0 fully saturated rings. The molecule has 94 valence electrons. The minimum Gasteiger partial charge on any atom is -0.353 e. The second-order valence-corrected chi connectivity index (χ2v) is 4.24. The van der Waals surface area contributed by atoms with Crippen LogP contribution in [0.25, 0.3) is 0 Å². The van der Waals surface area contributed by atoms with Gasteiger partial charge in [-0.3, -0.25) is 4.79 Å². The number of carbonyl (C=O) groups is 1. The summed E-state index contributed by atoms with van der Waals surface area (Å²) in [6.07, 6.45) is 2.25. The Morgan fingerprint density at radius 2 is 1.94 bits per heavy atom.